The van der Waals surface area contributed by atoms with E-state index in [1.165, 1.54) is 0 Å². The fourth-order valence-electron chi connectivity index (χ4n) is 1.64. The Morgan fingerprint density at radius 2 is 1.86 bits per heavy atom. The van der Waals surface area contributed by atoms with Crippen molar-refractivity contribution in [1.29, 1.82) is 0 Å². The van der Waals surface area contributed by atoms with E-state index >= 15 is 0 Å². The molecule has 21 heavy (non-hydrogen) atoms. The Balaban J connectivity index is 2.92. The topological polar surface area (TPSA) is 58.6 Å². The molecule has 0 aliphatic rings. The molecule has 1 aromatic rings. The van der Waals surface area contributed by atoms with Crippen LogP contribution in [0.15, 0.2) is 21.1 Å². The lowest BCUT2D eigenvalue weighted by Gasteiger charge is -2.21. The van der Waals surface area contributed by atoms with Gasteiger partial charge in [-0.15, -0.1) is 0 Å². The normalized spacial score (nSPS) is 13.0. The Morgan fingerprint density at radius 1 is 1.33 bits per heavy atom. The number of hydrogen-bond donors (Lipinski definition) is 2. The first-order valence-corrected chi connectivity index (χ1v) is 8.35. The lowest BCUT2D eigenvalue weighted by Crippen LogP contribution is -2.35. The highest BCUT2D eigenvalue weighted by Gasteiger charge is 2.20. The van der Waals surface area contributed by atoms with Crippen molar-refractivity contribution in [3.05, 3.63) is 26.6 Å². The molecule has 0 bridgehead atoms. The summed E-state index contributed by atoms with van der Waals surface area (Å²) < 4.78 is 7.05. The third-order valence-corrected chi connectivity index (χ3v) is 3.97. The summed E-state index contributed by atoms with van der Waals surface area (Å²) in [4.78, 5) is 11.1. The number of nitrogens with one attached hydrogen (secondary N) is 1. The lowest BCUT2D eigenvalue weighted by molar-refractivity contribution is -0.145. The van der Waals surface area contributed by atoms with Crippen LogP contribution in [0.25, 0.3) is 0 Å². The summed E-state index contributed by atoms with van der Waals surface area (Å²) in [5.74, 6) is -0.446. The standard InChI is InChI=1S/C15H21Br2NO3/c1-5-12(14(19)20)21-13-10(16)6-9(7-11(13)17)8-18-15(2,3)4/h6-7,12,18H,5,8H2,1-4H3,(H,19,20). The van der Waals surface area contributed by atoms with E-state index in [9.17, 15) is 4.79 Å². The fourth-order valence-corrected chi connectivity index (χ4v) is 3.11. The number of carbonyl (C=O) groups is 1. The van der Waals surface area contributed by atoms with E-state index in [4.69, 9.17) is 9.84 Å². The summed E-state index contributed by atoms with van der Waals surface area (Å²) in [6.07, 6.45) is -0.446. The molecule has 1 unspecified atom stereocenters. The van der Waals surface area contributed by atoms with Gasteiger partial charge in [0.05, 0.1) is 8.95 Å². The summed E-state index contributed by atoms with van der Waals surface area (Å²) in [5.41, 5.74) is 1.12. The predicted molar refractivity (Wildman–Crippen MR) is 90.8 cm³/mol. The van der Waals surface area contributed by atoms with E-state index in [1.807, 2.05) is 12.1 Å². The molecular formula is C15H21Br2NO3. The number of ether oxygens (including phenoxy) is 1. The van der Waals surface area contributed by atoms with Crippen LogP contribution in [0.2, 0.25) is 0 Å². The van der Waals surface area contributed by atoms with Crippen LogP contribution in [-0.2, 0) is 11.3 Å². The lowest BCUT2D eigenvalue weighted by atomic mass is 10.1. The van der Waals surface area contributed by atoms with Crippen LogP contribution >= 0.6 is 31.9 Å². The van der Waals surface area contributed by atoms with Crippen LogP contribution in [0.4, 0.5) is 0 Å². The number of halogens is 2. The first-order chi connectivity index (χ1) is 9.64. The molecule has 0 spiro atoms. The molecule has 2 N–H and O–H groups in total. The minimum atomic E-state index is -0.963. The Bertz CT molecular complexity index is 489. The first kappa shape index (κ1) is 18.5. The number of rotatable bonds is 6. The number of carboxylic acid groups (broad SMARTS) is 1. The number of benzene rings is 1. The smallest absolute Gasteiger partial charge is 0.344 e. The van der Waals surface area contributed by atoms with Crippen LogP contribution in [-0.4, -0.2) is 22.7 Å². The zero-order chi connectivity index (χ0) is 16.2. The molecule has 1 atom stereocenters. The summed E-state index contributed by atoms with van der Waals surface area (Å²) in [7, 11) is 0. The fraction of sp³-hybridized carbons (Fsp3) is 0.533. The average molecular weight is 423 g/mol. The van der Waals surface area contributed by atoms with Crippen molar-refractivity contribution in [3.63, 3.8) is 0 Å². The zero-order valence-corrected chi connectivity index (χ0v) is 15.8. The summed E-state index contributed by atoms with van der Waals surface area (Å²) in [6, 6.07) is 3.88. The van der Waals surface area contributed by atoms with Gasteiger partial charge in [0.1, 0.15) is 5.75 Å². The maximum atomic E-state index is 11.1. The average Bonchev–Trinajstić information content (AvgIpc) is 2.34. The van der Waals surface area contributed by atoms with E-state index in [1.54, 1.807) is 6.92 Å². The van der Waals surface area contributed by atoms with Crippen molar-refractivity contribution in [3.8, 4) is 5.75 Å². The Labute approximate surface area is 142 Å². The summed E-state index contributed by atoms with van der Waals surface area (Å²) in [6.45, 7) is 8.81. The molecule has 1 rings (SSSR count). The third kappa shape index (κ3) is 5.96. The Hall–Kier alpha value is -0.590. The van der Waals surface area contributed by atoms with Crippen molar-refractivity contribution in [2.75, 3.05) is 0 Å². The van der Waals surface area contributed by atoms with Crippen molar-refractivity contribution < 1.29 is 14.6 Å². The van der Waals surface area contributed by atoms with Crippen LogP contribution in [0.5, 0.6) is 5.75 Å². The third-order valence-electron chi connectivity index (χ3n) is 2.79. The number of carboxylic acids is 1. The van der Waals surface area contributed by atoms with Gasteiger partial charge >= 0.3 is 5.97 Å². The molecule has 0 fully saturated rings. The molecule has 0 amide bonds. The Morgan fingerprint density at radius 3 is 2.24 bits per heavy atom. The number of hydrogen-bond acceptors (Lipinski definition) is 3. The van der Waals surface area contributed by atoms with Gasteiger partial charge in [-0.25, -0.2) is 4.79 Å². The van der Waals surface area contributed by atoms with E-state index in [2.05, 4.69) is 57.9 Å². The van der Waals surface area contributed by atoms with Crippen LogP contribution in [0.1, 0.15) is 39.7 Å². The highest BCUT2D eigenvalue weighted by atomic mass is 79.9. The first-order valence-electron chi connectivity index (χ1n) is 6.76. The van der Waals surface area contributed by atoms with Gasteiger partial charge < -0.3 is 15.2 Å². The molecule has 0 aliphatic heterocycles. The highest BCUT2D eigenvalue weighted by Crippen LogP contribution is 2.36. The van der Waals surface area contributed by atoms with Gasteiger partial charge in [-0.1, -0.05) is 6.92 Å². The molecule has 0 saturated carbocycles. The minimum Gasteiger partial charge on any atom is -0.479 e. The maximum absolute atomic E-state index is 11.1. The molecule has 0 radical (unpaired) electrons. The quantitative estimate of drug-likeness (QED) is 0.715. The number of aliphatic carboxylic acids is 1. The van der Waals surface area contributed by atoms with Crippen molar-refractivity contribution in [2.45, 2.75) is 52.3 Å². The molecule has 0 aliphatic carbocycles. The molecule has 118 valence electrons. The Kier molecular flexibility index (Phi) is 6.69. The second-order valence-corrected chi connectivity index (χ2v) is 7.55. The van der Waals surface area contributed by atoms with Gasteiger partial charge in [-0.2, -0.15) is 0 Å². The van der Waals surface area contributed by atoms with E-state index < -0.39 is 12.1 Å². The van der Waals surface area contributed by atoms with Crippen LogP contribution in [0, 0.1) is 0 Å². The van der Waals surface area contributed by atoms with Gasteiger partial charge in [0.25, 0.3) is 0 Å². The summed E-state index contributed by atoms with van der Waals surface area (Å²) >= 11 is 6.90. The van der Waals surface area contributed by atoms with E-state index in [-0.39, 0.29) is 5.54 Å². The molecule has 6 heteroatoms. The SMILES string of the molecule is CCC(Oc1c(Br)cc(CNC(C)(C)C)cc1Br)C(=O)O. The monoisotopic (exact) mass is 421 g/mol. The van der Waals surface area contributed by atoms with Crippen LogP contribution in [0.3, 0.4) is 0 Å². The van der Waals surface area contributed by atoms with Gasteiger partial charge in [0.2, 0.25) is 0 Å². The van der Waals surface area contributed by atoms with Crippen molar-refractivity contribution in [2.24, 2.45) is 0 Å². The maximum Gasteiger partial charge on any atom is 0.344 e. The second kappa shape index (κ2) is 7.61. The van der Waals surface area contributed by atoms with Gasteiger partial charge in [-0.05, 0) is 76.7 Å². The van der Waals surface area contributed by atoms with Gasteiger partial charge in [0.15, 0.2) is 6.10 Å². The zero-order valence-electron chi connectivity index (χ0n) is 12.7. The largest absolute Gasteiger partial charge is 0.479 e. The van der Waals surface area contributed by atoms with Gasteiger partial charge in [0, 0.05) is 12.1 Å². The predicted octanol–water partition coefficient (Wildman–Crippen LogP) is 4.34. The van der Waals surface area contributed by atoms with Crippen LogP contribution < -0.4 is 10.1 Å². The molecular weight excluding hydrogens is 402 g/mol. The van der Waals surface area contributed by atoms with E-state index in [0.29, 0.717) is 12.2 Å². The van der Waals surface area contributed by atoms with Crippen molar-refractivity contribution >= 4 is 37.8 Å². The molecule has 0 heterocycles. The molecule has 0 saturated heterocycles. The molecule has 1 aromatic carbocycles. The minimum absolute atomic E-state index is 0.0325. The van der Waals surface area contributed by atoms with Gasteiger partial charge in [-0.3, -0.25) is 0 Å². The highest BCUT2D eigenvalue weighted by molar-refractivity contribution is 9.11. The van der Waals surface area contributed by atoms with E-state index in [0.717, 1.165) is 21.1 Å². The molecule has 0 aromatic heterocycles. The summed E-state index contributed by atoms with van der Waals surface area (Å²) in [5, 5.41) is 12.5. The van der Waals surface area contributed by atoms with Crippen molar-refractivity contribution in [1.82, 2.24) is 5.32 Å². The molecule has 4 nitrogen and oxygen atoms in total. The second-order valence-electron chi connectivity index (χ2n) is 5.85.